The molecule has 0 amide bonds. The second-order valence-corrected chi connectivity index (χ2v) is 5.56. The number of rotatable bonds is 11. The van der Waals surface area contributed by atoms with Crippen LogP contribution in [-0.2, 0) is 9.59 Å². The Hall–Kier alpha value is -1.66. The molecule has 6 nitrogen and oxygen atoms in total. The van der Waals surface area contributed by atoms with Crippen molar-refractivity contribution in [2.24, 2.45) is 0 Å². The SMILES string of the molecule is C1CN1.C=C(CCCCCCC)C(=O)O.C=C(CCCO)C(=O)O. The third-order valence-corrected chi connectivity index (χ3v) is 3.07. The highest BCUT2D eigenvalue weighted by atomic mass is 16.4. The number of carboxylic acids is 2. The van der Waals surface area contributed by atoms with E-state index in [0.717, 1.165) is 12.8 Å². The van der Waals surface area contributed by atoms with Crippen LogP contribution in [0, 0.1) is 0 Å². The molecule has 1 aliphatic heterocycles. The lowest BCUT2D eigenvalue weighted by Crippen LogP contribution is -1.99. The first-order valence-electron chi connectivity index (χ1n) is 8.50. The normalized spacial score (nSPS) is 11.2. The Morgan fingerprint density at radius 3 is 1.62 bits per heavy atom. The third kappa shape index (κ3) is 22.6. The second-order valence-electron chi connectivity index (χ2n) is 5.56. The Balaban J connectivity index is 0. The number of aliphatic hydroxyl groups is 1. The van der Waals surface area contributed by atoms with Crippen LogP contribution < -0.4 is 5.32 Å². The minimum atomic E-state index is -0.983. The molecule has 0 aromatic heterocycles. The van der Waals surface area contributed by atoms with E-state index in [1.54, 1.807) is 0 Å². The van der Waals surface area contributed by atoms with E-state index < -0.39 is 11.9 Å². The van der Waals surface area contributed by atoms with Crippen LogP contribution in [0.4, 0.5) is 0 Å². The van der Waals surface area contributed by atoms with Crippen LogP contribution in [0.3, 0.4) is 0 Å². The Morgan fingerprint density at radius 1 is 0.875 bits per heavy atom. The number of aliphatic carboxylic acids is 2. The Kier molecular flexibility index (Phi) is 18.1. The first-order chi connectivity index (χ1) is 11.4. The molecule has 0 unspecified atom stereocenters. The molecule has 4 N–H and O–H groups in total. The predicted octanol–water partition coefficient (Wildman–Crippen LogP) is 2.98. The fourth-order valence-electron chi connectivity index (χ4n) is 1.45. The molecule has 0 atom stereocenters. The summed E-state index contributed by atoms with van der Waals surface area (Å²) in [6, 6.07) is 0. The first-order valence-corrected chi connectivity index (χ1v) is 8.50. The van der Waals surface area contributed by atoms with Crippen molar-refractivity contribution in [1.29, 1.82) is 0 Å². The average Bonchev–Trinajstić information content (AvgIpc) is 3.41. The fourth-order valence-corrected chi connectivity index (χ4v) is 1.45. The molecule has 1 fully saturated rings. The summed E-state index contributed by atoms with van der Waals surface area (Å²) in [4.78, 5) is 20.3. The van der Waals surface area contributed by atoms with Crippen LogP contribution in [0.25, 0.3) is 0 Å². The van der Waals surface area contributed by atoms with Gasteiger partial charge in [0.25, 0.3) is 0 Å². The number of hydrogen-bond acceptors (Lipinski definition) is 4. The van der Waals surface area contributed by atoms with E-state index in [1.807, 2.05) is 0 Å². The minimum absolute atomic E-state index is 0.0201. The van der Waals surface area contributed by atoms with Gasteiger partial charge in [0.05, 0.1) is 0 Å². The number of carbonyl (C=O) groups is 2. The quantitative estimate of drug-likeness (QED) is 0.260. The van der Waals surface area contributed by atoms with Crippen molar-refractivity contribution in [2.45, 2.75) is 58.3 Å². The van der Waals surface area contributed by atoms with Crippen molar-refractivity contribution in [3.63, 3.8) is 0 Å². The van der Waals surface area contributed by atoms with Gasteiger partial charge < -0.3 is 20.6 Å². The van der Waals surface area contributed by atoms with E-state index in [0.29, 0.717) is 24.8 Å². The van der Waals surface area contributed by atoms with Crippen molar-refractivity contribution in [3.8, 4) is 0 Å². The molecular formula is C18H33NO5. The number of carboxylic acid groups (broad SMARTS) is 2. The first kappa shape index (κ1) is 24.6. The van der Waals surface area contributed by atoms with Gasteiger partial charge in [0.15, 0.2) is 0 Å². The van der Waals surface area contributed by atoms with Gasteiger partial charge >= 0.3 is 11.9 Å². The Labute approximate surface area is 145 Å². The van der Waals surface area contributed by atoms with Gasteiger partial charge in [0, 0.05) is 30.8 Å². The zero-order chi connectivity index (χ0) is 18.8. The number of aliphatic hydroxyl groups excluding tert-OH is 1. The summed E-state index contributed by atoms with van der Waals surface area (Å²) in [5, 5.41) is 28.0. The van der Waals surface area contributed by atoms with Crippen molar-refractivity contribution < 1.29 is 24.9 Å². The molecular weight excluding hydrogens is 310 g/mol. The Bertz CT molecular complexity index is 375. The standard InChI is InChI=1S/C10H18O2.C6H10O3.C2H5N/c1-3-4-5-6-7-8-9(2)10(11)12;1-5(6(8)9)3-2-4-7;1-2-3-1/h2-8H2,1H3,(H,11,12);7H,1-4H2,(H,8,9);3H,1-2H2. The van der Waals surface area contributed by atoms with Crippen LogP contribution in [0.5, 0.6) is 0 Å². The molecule has 6 heteroatoms. The highest BCUT2D eigenvalue weighted by molar-refractivity contribution is 5.85. The van der Waals surface area contributed by atoms with Gasteiger partial charge in [0.2, 0.25) is 0 Å². The lowest BCUT2D eigenvalue weighted by molar-refractivity contribution is -0.133. The molecule has 0 spiro atoms. The molecule has 1 rings (SSSR count). The van der Waals surface area contributed by atoms with Gasteiger partial charge in [0.1, 0.15) is 0 Å². The molecule has 0 radical (unpaired) electrons. The van der Waals surface area contributed by atoms with Crippen LogP contribution >= 0.6 is 0 Å². The van der Waals surface area contributed by atoms with E-state index in [9.17, 15) is 9.59 Å². The van der Waals surface area contributed by atoms with Crippen molar-refractivity contribution >= 4 is 11.9 Å². The molecule has 1 saturated heterocycles. The Morgan fingerprint density at radius 2 is 1.29 bits per heavy atom. The largest absolute Gasteiger partial charge is 0.478 e. The van der Waals surface area contributed by atoms with Gasteiger partial charge in [-0.3, -0.25) is 0 Å². The molecule has 0 bridgehead atoms. The van der Waals surface area contributed by atoms with E-state index in [2.05, 4.69) is 25.4 Å². The van der Waals surface area contributed by atoms with Gasteiger partial charge in [-0.15, -0.1) is 0 Å². The third-order valence-electron chi connectivity index (χ3n) is 3.07. The topological polar surface area (TPSA) is 117 Å². The average molecular weight is 343 g/mol. The molecule has 1 heterocycles. The number of unbranched alkanes of at least 4 members (excludes halogenated alkanes) is 4. The summed E-state index contributed by atoms with van der Waals surface area (Å²) in [6.07, 6.45) is 7.25. The predicted molar refractivity (Wildman–Crippen MR) is 96.1 cm³/mol. The summed E-state index contributed by atoms with van der Waals surface area (Å²) in [7, 11) is 0. The highest BCUT2D eigenvalue weighted by Gasteiger charge is 2.02. The van der Waals surface area contributed by atoms with Crippen LogP contribution in [-0.4, -0.2) is 47.0 Å². The summed E-state index contributed by atoms with van der Waals surface area (Å²) >= 11 is 0. The van der Waals surface area contributed by atoms with Crippen LogP contribution in [0.15, 0.2) is 24.3 Å². The van der Waals surface area contributed by atoms with Gasteiger partial charge in [-0.2, -0.15) is 0 Å². The molecule has 0 aliphatic carbocycles. The highest BCUT2D eigenvalue weighted by Crippen LogP contribution is 2.09. The van der Waals surface area contributed by atoms with Gasteiger partial charge in [-0.1, -0.05) is 45.8 Å². The zero-order valence-electron chi connectivity index (χ0n) is 14.9. The maximum absolute atomic E-state index is 10.3. The van der Waals surface area contributed by atoms with Gasteiger partial charge in [-0.25, -0.2) is 9.59 Å². The second kappa shape index (κ2) is 17.7. The molecule has 24 heavy (non-hydrogen) atoms. The lowest BCUT2D eigenvalue weighted by Gasteiger charge is -1.99. The van der Waals surface area contributed by atoms with E-state index in [1.165, 1.54) is 32.4 Å². The van der Waals surface area contributed by atoms with E-state index in [-0.39, 0.29) is 12.2 Å². The van der Waals surface area contributed by atoms with Crippen molar-refractivity contribution in [2.75, 3.05) is 19.7 Å². The van der Waals surface area contributed by atoms with Crippen LogP contribution in [0.1, 0.15) is 58.3 Å². The minimum Gasteiger partial charge on any atom is -0.478 e. The molecule has 0 saturated carbocycles. The van der Waals surface area contributed by atoms with Gasteiger partial charge in [-0.05, 0) is 25.7 Å². The van der Waals surface area contributed by atoms with Crippen molar-refractivity contribution in [1.82, 2.24) is 5.32 Å². The molecule has 1 aliphatic rings. The number of nitrogens with one attached hydrogen (secondary N) is 1. The fraction of sp³-hybridized carbons (Fsp3) is 0.667. The molecule has 140 valence electrons. The maximum atomic E-state index is 10.3. The lowest BCUT2D eigenvalue weighted by atomic mass is 10.1. The van der Waals surface area contributed by atoms with E-state index >= 15 is 0 Å². The molecule has 0 aromatic rings. The maximum Gasteiger partial charge on any atom is 0.330 e. The zero-order valence-corrected chi connectivity index (χ0v) is 14.9. The summed E-state index contributed by atoms with van der Waals surface area (Å²) < 4.78 is 0. The summed E-state index contributed by atoms with van der Waals surface area (Å²) in [5.41, 5.74) is 0.496. The monoisotopic (exact) mass is 343 g/mol. The summed E-state index contributed by atoms with van der Waals surface area (Å²) in [6.45, 7) is 11.4. The number of hydrogen-bond donors (Lipinski definition) is 4. The van der Waals surface area contributed by atoms with E-state index in [4.69, 9.17) is 15.3 Å². The van der Waals surface area contributed by atoms with Crippen LogP contribution in [0.2, 0.25) is 0 Å². The molecule has 0 aromatic carbocycles. The van der Waals surface area contributed by atoms with Crippen molar-refractivity contribution in [3.05, 3.63) is 24.3 Å². The smallest absolute Gasteiger partial charge is 0.330 e. The summed E-state index contributed by atoms with van der Waals surface area (Å²) in [5.74, 6) is -1.84.